The normalized spacial score (nSPS) is 34.1. The number of benzene rings is 1. The third kappa shape index (κ3) is 1.83. The van der Waals surface area contributed by atoms with Gasteiger partial charge in [0, 0.05) is 5.69 Å². The molecule has 1 spiro atoms. The highest BCUT2D eigenvalue weighted by atomic mass is 16.5. The highest BCUT2D eigenvalue weighted by Crippen LogP contribution is 2.53. The average Bonchev–Trinajstić information content (AvgIpc) is 3.22. The summed E-state index contributed by atoms with van der Waals surface area (Å²) in [5.74, 6) is -1.45. The van der Waals surface area contributed by atoms with Crippen molar-refractivity contribution in [2.75, 3.05) is 18.6 Å². The summed E-state index contributed by atoms with van der Waals surface area (Å²) in [5.41, 5.74) is 1.33. The first-order valence-electron chi connectivity index (χ1n) is 7.95. The maximum atomic E-state index is 13.1. The molecule has 2 saturated heterocycles. The highest BCUT2D eigenvalue weighted by Gasteiger charge is 2.67. The molecule has 5 heteroatoms. The fourth-order valence-electron chi connectivity index (χ4n) is 4.18. The van der Waals surface area contributed by atoms with E-state index in [9.17, 15) is 9.59 Å². The summed E-state index contributed by atoms with van der Waals surface area (Å²) >= 11 is 0. The highest BCUT2D eigenvalue weighted by molar-refractivity contribution is 6.03. The summed E-state index contributed by atoms with van der Waals surface area (Å²) in [6, 6.07) is 7.89. The Hall–Kier alpha value is -2.14. The second-order valence-electron chi connectivity index (χ2n) is 6.33. The fourth-order valence-corrected chi connectivity index (χ4v) is 4.18. The zero-order valence-electron chi connectivity index (χ0n) is 13.2. The summed E-state index contributed by atoms with van der Waals surface area (Å²) in [4.78, 5) is 27.0. The van der Waals surface area contributed by atoms with Crippen molar-refractivity contribution in [3.63, 3.8) is 0 Å². The van der Waals surface area contributed by atoms with Crippen LogP contribution in [0.3, 0.4) is 0 Å². The van der Waals surface area contributed by atoms with E-state index >= 15 is 0 Å². The summed E-state index contributed by atoms with van der Waals surface area (Å²) in [6.07, 6.45) is 4.34. The van der Waals surface area contributed by atoms with Gasteiger partial charge in [-0.3, -0.25) is 9.59 Å². The molecule has 1 aromatic carbocycles. The Labute approximate surface area is 134 Å². The van der Waals surface area contributed by atoms with E-state index < -0.39 is 17.4 Å². The molecule has 5 nitrogen and oxygen atoms in total. The van der Waals surface area contributed by atoms with E-state index in [-0.39, 0.29) is 18.0 Å². The molecular formula is C18H19NO4. The van der Waals surface area contributed by atoms with Crippen LogP contribution in [0.1, 0.15) is 12.5 Å². The lowest BCUT2D eigenvalue weighted by atomic mass is 9.77. The predicted molar refractivity (Wildman–Crippen MR) is 83.9 cm³/mol. The lowest BCUT2D eigenvalue weighted by Crippen LogP contribution is -2.39. The Kier molecular flexibility index (Phi) is 3.10. The fraction of sp³-hybridized carbons (Fsp3) is 0.444. The first-order valence-corrected chi connectivity index (χ1v) is 7.95. The minimum Gasteiger partial charge on any atom is -0.469 e. The second-order valence-corrected chi connectivity index (χ2v) is 6.33. The van der Waals surface area contributed by atoms with Crippen LogP contribution < -0.4 is 4.90 Å². The van der Waals surface area contributed by atoms with Gasteiger partial charge < -0.3 is 14.4 Å². The number of methoxy groups -OCH3 is 1. The number of nitrogens with zero attached hydrogens (tertiary/aromatic N) is 1. The first kappa shape index (κ1) is 14.5. The quantitative estimate of drug-likeness (QED) is 0.630. The molecule has 0 saturated carbocycles. The van der Waals surface area contributed by atoms with Gasteiger partial charge in [-0.25, -0.2) is 0 Å². The van der Waals surface area contributed by atoms with Gasteiger partial charge in [-0.15, -0.1) is 0 Å². The van der Waals surface area contributed by atoms with Crippen molar-refractivity contribution >= 4 is 17.6 Å². The van der Waals surface area contributed by atoms with Crippen LogP contribution in [0, 0.1) is 11.8 Å². The van der Waals surface area contributed by atoms with E-state index in [1.807, 2.05) is 36.4 Å². The number of carbonyl (C=O) groups is 2. The largest absolute Gasteiger partial charge is 0.469 e. The average molecular weight is 313 g/mol. The van der Waals surface area contributed by atoms with Gasteiger partial charge in [-0.1, -0.05) is 37.3 Å². The van der Waals surface area contributed by atoms with Crippen LogP contribution >= 0.6 is 0 Å². The molecule has 120 valence electrons. The summed E-state index contributed by atoms with van der Waals surface area (Å²) < 4.78 is 10.9. The van der Waals surface area contributed by atoms with Gasteiger partial charge in [-0.2, -0.15) is 0 Å². The molecule has 0 aliphatic carbocycles. The molecule has 0 radical (unpaired) electrons. The van der Waals surface area contributed by atoms with Crippen molar-refractivity contribution in [1.82, 2.24) is 0 Å². The van der Waals surface area contributed by atoms with E-state index in [1.165, 1.54) is 7.11 Å². The number of carbonyl (C=O) groups excluding carboxylic acids is 2. The summed E-state index contributed by atoms with van der Waals surface area (Å²) in [5, 5.41) is 0. The number of esters is 1. The predicted octanol–water partition coefficient (Wildman–Crippen LogP) is 1.71. The third-order valence-electron chi connectivity index (χ3n) is 5.24. The number of hydrogen-bond donors (Lipinski definition) is 0. The number of anilines is 1. The molecule has 3 aliphatic heterocycles. The van der Waals surface area contributed by atoms with Crippen molar-refractivity contribution in [1.29, 1.82) is 0 Å². The SMILES string of the molecule is CCc1ccccc1N1C[C@]23C=C[C@@H](O2)[C@H](C(=O)OC)[C@@H]3C1=O. The van der Waals surface area contributed by atoms with Crippen LogP contribution in [0.4, 0.5) is 5.69 Å². The van der Waals surface area contributed by atoms with Gasteiger partial charge >= 0.3 is 5.97 Å². The number of para-hydroxylation sites is 1. The van der Waals surface area contributed by atoms with Crippen LogP contribution in [-0.2, 0) is 25.5 Å². The summed E-state index contributed by atoms with van der Waals surface area (Å²) in [7, 11) is 1.36. The Balaban J connectivity index is 1.75. The molecule has 0 unspecified atom stereocenters. The number of ether oxygens (including phenoxy) is 2. The van der Waals surface area contributed by atoms with Crippen LogP contribution in [0.15, 0.2) is 36.4 Å². The van der Waals surface area contributed by atoms with E-state index in [1.54, 1.807) is 4.90 Å². The number of fused-ring (bicyclic) bond motifs is 1. The van der Waals surface area contributed by atoms with Crippen molar-refractivity contribution in [2.45, 2.75) is 25.0 Å². The Morgan fingerprint density at radius 1 is 1.43 bits per heavy atom. The number of rotatable bonds is 3. The maximum Gasteiger partial charge on any atom is 0.312 e. The van der Waals surface area contributed by atoms with Crippen molar-refractivity contribution in [3.8, 4) is 0 Å². The van der Waals surface area contributed by atoms with Gasteiger partial charge in [0.2, 0.25) is 5.91 Å². The van der Waals surface area contributed by atoms with Crippen molar-refractivity contribution in [3.05, 3.63) is 42.0 Å². The minimum absolute atomic E-state index is 0.0480. The lowest BCUT2D eigenvalue weighted by Gasteiger charge is -2.23. The molecule has 4 rings (SSSR count). The molecule has 3 heterocycles. The Bertz CT molecular complexity index is 713. The molecule has 3 aliphatic rings. The molecule has 0 aromatic heterocycles. The number of aryl methyl sites for hydroxylation is 1. The van der Waals surface area contributed by atoms with Gasteiger partial charge in [-0.05, 0) is 18.1 Å². The standard InChI is InChI=1S/C18H19NO4/c1-3-11-6-4-5-7-12(11)19-10-18-9-8-13(23-18)14(17(21)22-2)15(18)16(19)20/h4-9,13-15H,3,10H2,1-2H3/t13-,14+,15-,18+/m1/s1. The Morgan fingerprint density at radius 3 is 2.96 bits per heavy atom. The van der Waals surface area contributed by atoms with Gasteiger partial charge in [0.15, 0.2) is 0 Å². The molecule has 4 atom stereocenters. The van der Waals surface area contributed by atoms with Gasteiger partial charge in [0.05, 0.1) is 25.7 Å². The van der Waals surface area contributed by atoms with Gasteiger partial charge in [0.25, 0.3) is 0 Å². The number of hydrogen-bond acceptors (Lipinski definition) is 4. The molecule has 23 heavy (non-hydrogen) atoms. The zero-order chi connectivity index (χ0) is 16.2. The van der Waals surface area contributed by atoms with Crippen molar-refractivity contribution in [2.24, 2.45) is 11.8 Å². The van der Waals surface area contributed by atoms with Crippen LogP contribution in [-0.4, -0.2) is 37.2 Å². The van der Waals surface area contributed by atoms with E-state index in [0.29, 0.717) is 6.54 Å². The molecule has 2 bridgehead atoms. The van der Waals surface area contributed by atoms with Crippen LogP contribution in [0.25, 0.3) is 0 Å². The van der Waals surface area contributed by atoms with E-state index in [2.05, 4.69) is 6.92 Å². The molecule has 1 aromatic rings. The van der Waals surface area contributed by atoms with Crippen molar-refractivity contribution < 1.29 is 19.1 Å². The summed E-state index contributed by atoms with van der Waals surface area (Å²) in [6.45, 7) is 2.52. The third-order valence-corrected chi connectivity index (χ3v) is 5.24. The Morgan fingerprint density at radius 2 is 2.22 bits per heavy atom. The maximum absolute atomic E-state index is 13.1. The molecular weight excluding hydrogens is 294 g/mol. The molecule has 0 N–H and O–H groups in total. The zero-order valence-corrected chi connectivity index (χ0v) is 13.2. The monoisotopic (exact) mass is 313 g/mol. The smallest absolute Gasteiger partial charge is 0.312 e. The lowest BCUT2D eigenvalue weighted by molar-refractivity contribution is -0.149. The number of amides is 1. The molecule has 2 fully saturated rings. The van der Waals surface area contributed by atoms with Gasteiger partial charge in [0.1, 0.15) is 11.5 Å². The first-order chi connectivity index (χ1) is 11.1. The van der Waals surface area contributed by atoms with Crippen LogP contribution in [0.2, 0.25) is 0 Å². The molecule has 1 amide bonds. The van der Waals surface area contributed by atoms with E-state index in [0.717, 1.165) is 17.7 Å². The second kappa shape index (κ2) is 4.93. The van der Waals surface area contributed by atoms with Crippen LogP contribution in [0.5, 0.6) is 0 Å². The minimum atomic E-state index is -0.693. The topological polar surface area (TPSA) is 55.8 Å². The van der Waals surface area contributed by atoms with E-state index in [4.69, 9.17) is 9.47 Å².